The van der Waals surface area contributed by atoms with Crippen LogP contribution in [0, 0.1) is 10.7 Å². The molecule has 0 saturated heterocycles. The van der Waals surface area contributed by atoms with Gasteiger partial charge in [-0.2, -0.15) is 5.10 Å². The molecule has 0 aliphatic rings. The smallest absolute Gasteiger partial charge is 0.271 e. The average molecular weight is 648 g/mol. The van der Waals surface area contributed by atoms with E-state index in [4.69, 9.17) is 4.74 Å². The van der Waals surface area contributed by atoms with Crippen LogP contribution in [0.4, 0.5) is 0 Å². The molecular formula is C15H11I3N2O3. The van der Waals surface area contributed by atoms with Gasteiger partial charge < -0.3 is 9.84 Å². The third-order valence-corrected chi connectivity index (χ3v) is 5.18. The van der Waals surface area contributed by atoms with Crippen molar-refractivity contribution in [3.8, 4) is 11.5 Å². The average Bonchev–Trinajstić information content (AvgIpc) is 2.52. The third kappa shape index (κ3) is 4.92. The summed E-state index contributed by atoms with van der Waals surface area (Å²) in [5, 5.41) is 13.9. The Bertz CT molecular complexity index is 779. The molecule has 0 fully saturated rings. The van der Waals surface area contributed by atoms with Crippen LogP contribution in [0.2, 0.25) is 0 Å². The largest absolute Gasteiger partial charge is 0.506 e. The quantitative estimate of drug-likeness (QED) is 0.300. The zero-order valence-electron chi connectivity index (χ0n) is 11.8. The number of nitrogens with one attached hydrogen (secondary N) is 1. The zero-order chi connectivity index (χ0) is 17.0. The van der Waals surface area contributed by atoms with Crippen molar-refractivity contribution in [3.63, 3.8) is 0 Å². The molecule has 23 heavy (non-hydrogen) atoms. The first-order chi connectivity index (χ1) is 10.9. The maximum absolute atomic E-state index is 12.1. The SMILES string of the molecule is COc1cc(C(=O)NN=Cc2cc(I)cc(I)c2O)ccc1I. The summed E-state index contributed by atoms with van der Waals surface area (Å²) in [6.45, 7) is 0. The van der Waals surface area contributed by atoms with Gasteiger partial charge in [0.2, 0.25) is 0 Å². The van der Waals surface area contributed by atoms with Gasteiger partial charge in [-0.15, -0.1) is 0 Å². The Hall–Kier alpha value is -0.630. The number of ether oxygens (including phenoxy) is 1. The molecule has 0 saturated carbocycles. The summed E-state index contributed by atoms with van der Waals surface area (Å²) in [5.41, 5.74) is 3.43. The Labute approximate surface area is 174 Å². The lowest BCUT2D eigenvalue weighted by molar-refractivity contribution is 0.0954. The minimum absolute atomic E-state index is 0.139. The molecule has 2 N–H and O–H groups in total. The first-order valence-corrected chi connectivity index (χ1v) is 9.51. The Kier molecular flexibility index (Phi) is 6.88. The van der Waals surface area contributed by atoms with Gasteiger partial charge in [0.1, 0.15) is 11.5 Å². The first kappa shape index (κ1) is 18.7. The van der Waals surface area contributed by atoms with Gasteiger partial charge in [0.05, 0.1) is 20.5 Å². The predicted octanol–water partition coefficient (Wildman–Crippen LogP) is 3.98. The number of phenolic OH excluding ortho intramolecular Hbond substituents is 1. The first-order valence-electron chi connectivity index (χ1n) is 6.27. The second kappa shape index (κ2) is 8.46. The number of hydrogen-bond donors (Lipinski definition) is 2. The lowest BCUT2D eigenvalue weighted by Crippen LogP contribution is -2.17. The second-order valence-corrected chi connectivity index (χ2v) is 7.94. The van der Waals surface area contributed by atoms with E-state index in [2.05, 4.69) is 55.7 Å². The number of halogens is 3. The number of hydrogen-bond acceptors (Lipinski definition) is 4. The van der Waals surface area contributed by atoms with Gasteiger partial charge in [-0.3, -0.25) is 4.79 Å². The van der Waals surface area contributed by atoms with Crippen LogP contribution < -0.4 is 10.2 Å². The maximum Gasteiger partial charge on any atom is 0.271 e. The van der Waals surface area contributed by atoms with Crippen molar-refractivity contribution in [2.75, 3.05) is 7.11 Å². The summed E-state index contributed by atoms with van der Waals surface area (Å²) in [6.07, 6.45) is 1.42. The van der Waals surface area contributed by atoms with E-state index in [-0.39, 0.29) is 11.7 Å². The van der Waals surface area contributed by atoms with Crippen molar-refractivity contribution in [1.82, 2.24) is 5.43 Å². The fraction of sp³-hybridized carbons (Fsp3) is 0.0667. The Morgan fingerprint density at radius 3 is 2.65 bits per heavy atom. The standard InChI is InChI=1S/C15H11I3N2O3/c1-23-13-5-8(2-3-11(13)17)15(22)20-19-7-9-4-10(16)6-12(18)14(9)21/h2-7,21H,1H3,(H,20,22). The van der Waals surface area contributed by atoms with Crippen LogP contribution >= 0.6 is 67.8 Å². The van der Waals surface area contributed by atoms with Gasteiger partial charge in [0.25, 0.3) is 5.91 Å². The molecule has 0 aliphatic carbocycles. The molecule has 0 unspecified atom stereocenters. The van der Waals surface area contributed by atoms with Crippen molar-refractivity contribution in [2.24, 2.45) is 5.10 Å². The molecule has 0 aliphatic heterocycles. The highest BCUT2D eigenvalue weighted by Gasteiger charge is 2.09. The molecule has 5 nitrogen and oxygen atoms in total. The van der Waals surface area contributed by atoms with Crippen LogP contribution in [-0.2, 0) is 0 Å². The molecule has 0 spiro atoms. The van der Waals surface area contributed by atoms with Crippen LogP contribution in [0.3, 0.4) is 0 Å². The summed E-state index contributed by atoms with van der Waals surface area (Å²) in [7, 11) is 1.55. The van der Waals surface area contributed by atoms with Crippen molar-refractivity contribution in [3.05, 3.63) is 52.2 Å². The molecule has 1 amide bonds. The summed E-state index contributed by atoms with van der Waals surface area (Å²) >= 11 is 6.33. The molecule has 2 aromatic rings. The van der Waals surface area contributed by atoms with Gasteiger partial charge in [-0.25, -0.2) is 5.43 Å². The zero-order valence-corrected chi connectivity index (χ0v) is 18.3. The van der Waals surface area contributed by atoms with Crippen LogP contribution in [-0.4, -0.2) is 24.3 Å². The van der Waals surface area contributed by atoms with E-state index >= 15 is 0 Å². The van der Waals surface area contributed by atoms with Crippen molar-refractivity contribution in [1.29, 1.82) is 0 Å². The van der Waals surface area contributed by atoms with Gasteiger partial charge >= 0.3 is 0 Å². The number of carbonyl (C=O) groups excluding carboxylic acids is 1. The van der Waals surface area contributed by atoms with E-state index in [9.17, 15) is 9.90 Å². The van der Waals surface area contributed by atoms with Crippen molar-refractivity contribution >= 4 is 79.9 Å². The molecular weight excluding hydrogens is 637 g/mol. The maximum atomic E-state index is 12.1. The van der Waals surface area contributed by atoms with Gasteiger partial charge in [-0.05, 0) is 98.1 Å². The number of phenols is 1. The van der Waals surface area contributed by atoms with Gasteiger partial charge in [-0.1, -0.05) is 0 Å². The number of rotatable bonds is 4. The summed E-state index contributed by atoms with van der Waals surface area (Å²) in [4.78, 5) is 12.1. The Balaban J connectivity index is 2.13. The third-order valence-electron chi connectivity index (χ3n) is 2.84. The molecule has 0 heterocycles. The monoisotopic (exact) mass is 648 g/mol. The highest BCUT2D eigenvalue weighted by molar-refractivity contribution is 14.1. The Morgan fingerprint density at radius 2 is 1.96 bits per heavy atom. The van der Waals surface area contributed by atoms with Crippen LogP contribution in [0.15, 0.2) is 35.4 Å². The fourth-order valence-corrected chi connectivity index (χ4v) is 4.16. The number of carbonyl (C=O) groups is 1. The summed E-state index contributed by atoms with van der Waals surface area (Å²) < 4.78 is 7.81. The second-order valence-electron chi connectivity index (χ2n) is 4.37. The highest BCUT2D eigenvalue weighted by Crippen LogP contribution is 2.25. The molecule has 0 atom stereocenters. The molecule has 8 heteroatoms. The van der Waals surface area contributed by atoms with E-state index in [1.54, 1.807) is 31.4 Å². The van der Waals surface area contributed by atoms with E-state index in [1.165, 1.54) is 6.21 Å². The van der Waals surface area contributed by atoms with Crippen molar-refractivity contribution < 1.29 is 14.6 Å². The molecule has 2 rings (SSSR count). The minimum Gasteiger partial charge on any atom is -0.506 e. The number of methoxy groups -OCH3 is 1. The minimum atomic E-state index is -0.351. The topological polar surface area (TPSA) is 70.9 Å². The molecule has 0 aromatic heterocycles. The van der Waals surface area contributed by atoms with Crippen LogP contribution in [0.25, 0.3) is 0 Å². The number of amides is 1. The normalized spacial score (nSPS) is 10.8. The van der Waals surface area contributed by atoms with Crippen LogP contribution in [0.1, 0.15) is 15.9 Å². The lowest BCUT2D eigenvalue weighted by Gasteiger charge is -2.06. The van der Waals surface area contributed by atoms with E-state index in [0.717, 1.165) is 10.7 Å². The number of nitrogens with zero attached hydrogens (tertiary/aromatic N) is 1. The van der Waals surface area contributed by atoms with Gasteiger partial charge in [0, 0.05) is 14.7 Å². The Morgan fingerprint density at radius 1 is 1.22 bits per heavy atom. The molecule has 2 aromatic carbocycles. The lowest BCUT2D eigenvalue weighted by atomic mass is 10.2. The van der Waals surface area contributed by atoms with E-state index < -0.39 is 0 Å². The van der Waals surface area contributed by atoms with Crippen LogP contribution in [0.5, 0.6) is 11.5 Å². The molecule has 120 valence electrons. The predicted molar refractivity (Wildman–Crippen MR) is 114 cm³/mol. The number of hydrazone groups is 1. The highest BCUT2D eigenvalue weighted by atomic mass is 127. The van der Waals surface area contributed by atoms with Gasteiger partial charge in [0.15, 0.2) is 0 Å². The number of aromatic hydroxyl groups is 1. The molecule has 0 radical (unpaired) electrons. The fourth-order valence-electron chi connectivity index (χ4n) is 1.71. The molecule has 0 bridgehead atoms. The van der Waals surface area contributed by atoms with E-state index in [1.807, 2.05) is 28.7 Å². The van der Waals surface area contributed by atoms with Crippen molar-refractivity contribution in [2.45, 2.75) is 0 Å². The van der Waals surface area contributed by atoms with E-state index in [0.29, 0.717) is 16.9 Å². The number of benzene rings is 2. The summed E-state index contributed by atoms with van der Waals surface area (Å²) in [6, 6.07) is 8.77. The summed E-state index contributed by atoms with van der Waals surface area (Å²) in [5.74, 6) is 0.419.